The molecular weight excluding hydrogens is 310 g/mol. The Morgan fingerprint density at radius 2 is 1.88 bits per heavy atom. The molecule has 2 saturated heterocycles. The van der Waals surface area contributed by atoms with Crippen LogP contribution in [0.15, 0.2) is 30.3 Å². The fourth-order valence-electron chi connectivity index (χ4n) is 5.82. The van der Waals surface area contributed by atoms with Crippen molar-refractivity contribution in [3.8, 4) is 0 Å². The molecule has 3 fully saturated rings. The highest BCUT2D eigenvalue weighted by atomic mass is 16.1. The van der Waals surface area contributed by atoms with Gasteiger partial charge < -0.3 is 5.73 Å². The second-order valence-corrected chi connectivity index (χ2v) is 9.16. The Morgan fingerprint density at radius 3 is 2.44 bits per heavy atom. The van der Waals surface area contributed by atoms with Crippen LogP contribution in [0.3, 0.4) is 0 Å². The van der Waals surface area contributed by atoms with Crippen LogP contribution in [-0.2, 0) is 11.3 Å². The second-order valence-electron chi connectivity index (χ2n) is 9.16. The second kappa shape index (κ2) is 6.10. The van der Waals surface area contributed by atoms with Crippen molar-refractivity contribution >= 4 is 5.91 Å². The normalized spacial score (nSPS) is 33.0. The predicted molar refractivity (Wildman–Crippen MR) is 99.8 cm³/mol. The highest BCUT2D eigenvalue weighted by Gasteiger charge is 2.66. The SMILES string of the molecule is CC1(C)C[C@]2(C(N)=O)CN(C3CCN(Cc4ccccc4)CC3)C[C@H]12. The van der Waals surface area contributed by atoms with E-state index in [0.29, 0.717) is 12.0 Å². The lowest BCUT2D eigenvalue weighted by atomic mass is 9.48. The summed E-state index contributed by atoms with van der Waals surface area (Å²) in [7, 11) is 0. The molecule has 0 bridgehead atoms. The van der Waals surface area contributed by atoms with E-state index >= 15 is 0 Å². The maximum absolute atomic E-state index is 12.1. The highest BCUT2D eigenvalue weighted by Crippen LogP contribution is 2.63. The molecule has 1 aliphatic carbocycles. The molecule has 0 aromatic heterocycles. The Balaban J connectivity index is 1.35. The fourth-order valence-corrected chi connectivity index (χ4v) is 5.82. The highest BCUT2D eigenvalue weighted by molar-refractivity contribution is 5.83. The molecule has 4 heteroatoms. The van der Waals surface area contributed by atoms with Crippen molar-refractivity contribution in [2.24, 2.45) is 22.5 Å². The van der Waals surface area contributed by atoms with Gasteiger partial charge in [-0.1, -0.05) is 44.2 Å². The zero-order valence-corrected chi connectivity index (χ0v) is 15.6. The Labute approximate surface area is 151 Å². The molecule has 1 amide bonds. The topological polar surface area (TPSA) is 49.6 Å². The summed E-state index contributed by atoms with van der Waals surface area (Å²) >= 11 is 0. The summed E-state index contributed by atoms with van der Waals surface area (Å²) in [6, 6.07) is 11.4. The molecule has 2 N–H and O–H groups in total. The smallest absolute Gasteiger partial charge is 0.225 e. The molecule has 0 radical (unpaired) electrons. The first-order valence-electron chi connectivity index (χ1n) is 9.71. The van der Waals surface area contributed by atoms with Gasteiger partial charge in [0.05, 0.1) is 5.41 Å². The maximum Gasteiger partial charge on any atom is 0.225 e. The Bertz CT molecular complexity index is 636. The van der Waals surface area contributed by atoms with Crippen LogP contribution in [0.4, 0.5) is 0 Å². The quantitative estimate of drug-likeness (QED) is 0.915. The molecule has 0 unspecified atom stereocenters. The Kier molecular flexibility index (Phi) is 4.16. The largest absolute Gasteiger partial charge is 0.369 e. The zero-order chi connectivity index (χ0) is 17.7. The number of primary amides is 1. The van der Waals surface area contributed by atoms with E-state index in [1.807, 2.05) is 0 Å². The number of nitrogens with two attached hydrogens (primary N) is 1. The van der Waals surface area contributed by atoms with E-state index < -0.39 is 0 Å². The number of hydrogen-bond acceptors (Lipinski definition) is 3. The third-order valence-corrected chi connectivity index (χ3v) is 7.10. The number of amides is 1. The van der Waals surface area contributed by atoms with Gasteiger partial charge in [-0.25, -0.2) is 0 Å². The van der Waals surface area contributed by atoms with Crippen molar-refractivity contribution in [1.82, 2.24) is 9.80 Å². The van der Waals surface area contributed by atoms with Crippen molar-refractivity contribution in [2.45, 2.75) is 45.7 Å². The van der Waals surface area contributed by atoms with Crippen LogP contribution in [0.5, 0.6) is 0 Å². The van der Waals surface area contributed by atoms with E-state index in [-0.39, 0.29) is 16.7 Å². The number of carbonyl (C=O) groups is 1. The number of fused-ring (bicyclic) bond motifs is 1. The number of carbonyl (C=O) groups excluding carboxylic acids is 1. The summed E-state index contributed by atoms with van der Waals surface area (Å²) in [6.45, 7) is 9.88. The molecule has 4 nitrogen and oxygen atoms in total. The number of piperidine rings is 1. The van der Waals surface area contributed by atoms with Gasteiger partial charge in [-0.15, -0.1) is 0 Å². The van der Waals surface area contributed by atoms with Crippen molar-refractivity contribution in [1.29, 1.82) is 0 Å². The molecule has 25 heavy (non-hydrogen) atoms. The lowest BCUT2D eigenvalue weighted by Crippen LogP contribution is -2.59. The summed E-state index contributed by atoms with van der Waals surface area (Å²) < 4.78 is 0. The van der Waals surface area contributed by atoms with Gasteiger partial charge in [0.2, 0.25) is 5.91 Å². The van der Waals surface area contributed by atoms with E-state index in [2.05, 4.69) is 54.0 Å². The van der Waals surface area contributed by atoms with Gasteiger partial charge in [-0.3, -0.25) is 14.6 Å². The van der Waals surface area contributed by atoms with Gasteiger partial charge in [0.1, 0.15) is 0 Å². The summed E-state index contributed by atoms with van der Waals surface area (Å²) in [5, 5.41) is 0. The van der Waals surface area contributed by atoms with Gasteiger partial charge in [-0.05, 0) is 49.2 Å². The van der Waals surface area contributed by atoms with Crippen LogP contribution in [0.1, 0.15) is 38.7 Å². The summed E-state index contributed by atoms with van der Waals surface area (Å²) in [4.78, 5) is 17.3. The third-order valence-electron chi connectivity index (χ3n) is 7.10. The van der Waals surface area contributed by atoms with E-state index in [1.54, 1.807) is 0 Å². The Morgan fingerprint density at radius 1 is 1.20 bits per heavy atom. The fraction of sp³-hybridized carbons (Fsp3) is 0.667. The minimum Gasteiger partial charge on any atom is -0.369 e. The molecule has 1 saturated carbocycles. The molecule has 2 atom stereocenters. The maximum atomic E-state index is 12.1. The Hall–Kier alpha value is -1.39. The first-order valence-corrected chi connectivity index (χ1v) is 9.71. The molecule has 2 heterocycles. The van der Waals surface area contributed by atoms with Crippen LogP contribution in [0.2, 0.25) is 0 Å². The average Bonchev–Trinajstić information content (AvgIpc) is 2.93. The number of hydrogen-bond donors (Lipinski definition) is 1. The zero-order valence-electron chi connectivity index (χ0n) is 15.6. The first kappa shape index (κ1) is 17.0. The van der Waals surface area contributed by atoms with E-state index in [1.165, 1.54) is 18.4 Å². The van der Waals surface area contributed by atoms with E-state index in [0.717, 1.165) is 39.1 Å². The van der Waals surface area contributed by atoms with Gasteiger partial charge in [0.25, 0.3) is 0 Å². The molecule has 1 aromatic rings. The molecule has 136 valence electrons. The molecule has 3 aliphatic rings. The molecule has 1 aromatic carbocycles. The van der Waals surface area contributed by atoms with Crippen molar-refractivity contribution < 1.29 is 4.79 Å². The van der Waals surface area contributed by atoms with Gasteiger partial charge in [0.15, 0.2) is 0 Å². The minimum absolute atomic E-state index is 0.0687. The van der Waals surface area contributed by atoms with Crippen LogP contribution in [0.25, 0.3) is 0 Å². The van der Waals surface area contributed by atoms with Gasteiger partial charge in [0, 0.05) is 25.7 Å². The molecule has 4 rings (SSSR count). The standard InChI is InChI=1S/C21H31N3O/c1-20(2)14-21(19(22)25)15-24(13-18(20)21)17-8-10-23(11-9-17)12-16-6-4-3-5-7-16/h3-7,17-18H,8-15H2,1-2H3,(H2,22,25)/t18-,21+/m1/s1. The molecule has 0 spiro atoms. The number of benzene rings is 1. The van der Waals surface area contributed by atoms with Crippen LogP contribution in [-0.4, -0.2) is 47.9 Å². The number of likely N-dealkylation sites (tertiary alicyclic amines) is 2. The average molecular weight is 341 g/mol. The summed E-state index contributed by atoms with van der Waals surface area (Å²) in [5.41, 5.74) is 7.23. The van der Waals surface area contributed by atoms with Crippen LogP contribution < -0.4 is 5.73 Å². The van der Waals surface area contributed by atoms with Gasteiger partial charge >= 0.3 is 0 Å². The molecule has 2 aliphatic heterocycles. The van der Waals surface area contributed by atoms with Crippen LogP contribution in [0, 0.1) is 16.7 Å². The van der Waals surface area contributed by atoms with E-state index in [9.17, 15) is 4.79 Å². The van der Waals surface area contributed by atoms with Crippen molar-refractivity contribution in [2.75, 3.05) is 26.2 Å². The number of rotatable bonds is 4. The predicted octanol–water partition coefficient (Wildman–Crippen LogP) is 2.48. The molecular formula is C21H31N3O. The summed E-state index contributed by atoms with van der Waals surface area (Å²) in [5.74, 6) is 0.376. The van der Waals surface area contributed by atoms with Gasteiger partial charge in [-0.2, -0.15) is 0 Å². The van der Waals surface area contributed by atoms with Crippen LogP contribution >= 0.6 is 0 Å². The third kappa shape index (κ3) is 2.89. The summed E-state index contributed by atoms with van der Waals surface area (Å²) in [6.07, 6.45) is 3.37. The van der Waals surface area contributed by atoms with Crippen molar-refractivity contribution in [3.63, 3.8) is 0 Å². The van der Waals surface area contributed by atoms with Crippen molar-refractivity contribution in [3.05, 3.63) is 35.9 Å². The van der Waals surface area contributed by atoms with E-state index in [4.69, 9.17) is 5.73 Å². The minimum atomic E-state index is -0.245. The number of nitrogens with zero attached hydrogens (tertiary/aromatic N) is 2. The first-order chi connectivity index (χ1) is 11.9. The lowest BCUT2D eigenvalue weighted by molar-refractivity contribution is -0.148. The monoisotopic (exact) mass is 341 g/mol. The lowest BCUT2D eigenvalue weighted by Gasteiger charge is -2.54.